The molecule has 2 aromatic carbocycles. The van der Waals surface area contributed by atoms with E-state index in [-0.39, 0.29) is 12.2 Å². The van der Waals surface area contributed by atoms with Crippen molar-refractivity contribution in [2.24, 2.45) is 5.92 Å². The Morgan fingerprint density at radius 1 is 1.05 bits per heavy atom. The van der Waals surface area contributed by atoms with E-state index in [0.29, 0.717) is 5.56 Å². The van der Waals surface area contributed by atoms with Gasteiger partial charge in [-0.15, -0.1) is 0 Å². The first-order chi connectivity index (χ1) is 10.7. The summed E-state index contributed by atoms with van der Waals surface area (Å²) in [4.78, 5) is 12.5. The van der Waals surface area contributed by atoms with Crippen molar-refractivity contribution in [3.8, 4) is 12.1 Å². The molecule has 0 aromatic heterocycles. The van der Waals surface area contributed by atoms with Crippen LogP contribution in [0.25, 0.3) is 0 Å². The normalized spacial score (nSPS) is 11.5. The van der Waals surface area contributed by atoms with Gasteiger partial charge in [-0.1, -0.05) is 58.4 Å². The molecule has 0 spiro atoms. The second-order valence-corrected chi connectivity index (χ2v) is 5.81. The molecule has 0 aliphatic heterocycles. The SMILES string of the molecule is N#CC(C#N)[C@H](CC(=O)c1cccc(Br)c1)c1ccccc1. The lowest BCUT2D eigenvalue weighted by molar-refractivity contribution is 0.0970. The first-order valence-corrected chi connectivity index (χ1v) is 7.58. The molecule has 0 unspecified atom stereocenters. The van der Waals surface area contributed by atoms with E-state index in [9.17, 15) is 15.3 Å². The van der Waals surface area contributed by atoms with Crippen LogP contribution < -0.4 is 0 Å². The lowest BCUT2D eigenvalue weighted by Gasteiger charge is -2.17. The number of hydrogen-bond acceptors (Lipinski definition) is 3. The zero-order valence-electron chi connectivity index (χ0n) is 11.7. The van der Waals surface area contributed by atoms with Gasteiger partial charge in [-0.05, 0) is 17.7 Å². The standard InChI is InChI=1S/C18H13BrN2O/c19-16-8-4-7-14(9-16)18(22)10-17(15(11-20)12-21)13-5-2-1-3-6-13/h1-9,15,17H,10H2/t17-/m1/s1. The zero-order chi connectivity index (χ0) is 15.9. The Bertz CT molecular complexity index is 730. The van der Waals surface area contributed by atoms with Crippen molar-refractivity contribution < 1.29 is 4.79 Å². The maximum atomic E-state index is 12.5. The molecule has 108 valence electrons. The Hall–Kier alpha value is -2.43. The van der Waals surface area contributed by atoms with Gasteiger partial charge < -0.3 is 0 Å². The van der Waals surface area contributed by atoms with Crippen LogP contribution in [0.1, 0.15) is 28.3 Å². The first-order valence-electron chi connectivity index (χ1n) is 6.78. The Morgan fingerprint density at radius 2 is 1.73 bits per heavy atom. The third kappa shape index (κ3) is 3.81. The summed E-state index contributed by atoms with van der Waals surface area (Å²) in [5, 5.41) is 18.4. The van der Waals surface area contributed by atoms with E-state index < -0.39 is 11.8 Å². The van der Waals surface area contributed by atoms with E-state index in [1.807, 2.05) is 48.5 Å². The van der Waals surface area contributed by atoms with Crippen molar-refractivity contribution in [1.29, 1.82) is 10.5 Å². The number of carbonyl (C=O) groups excluding carboxylic acids is 1. The topological polar surface area (TPSA) is 64.7 Å². The highest BCUT2D eigenvalue weighted by Gasteiger charge is 2.26. The Balaban J connectivity index is 2.30. The van der Waals surface area contributed by atoms with Crippen LogP contribution in [0.3, 0.4) is 0 Å². The number of rotatable bonds is 5. The molecule has 0 radical (unpaired) electrons. The van der Waals surface area contributed by atoms with Crippen LogP contribution in [0.2, 0.25) is 0 Å². The lowest BCUT2D eigenvalue weighted by atomic mass is 9.83. The van der Waals surface area contributed by atoms with E-state index in [1.165, 1.54) is 0 Å². The third-order valence-electron chi connectivity index (χ3n) is 3.46. The van der Waals surface area contributed by atoms with Crippen LogP contribution in [0, 0.1) is 28.6 Å². The van der Waals surface area contributed by atoms with Gasteiger partial charge in [-0.3, -0.25) is 4.79 Å². The first kappa shape index (κ1) is 15.9. The predicted octanol–water partition coefficient (Wildman–Crippen LogP) is 4.47. The van der Waals surface area contributed by atoms with Gasteiger partial charge >= 0.3 is 0 Å². The molecule has 0 fully saturated rings. The maximum absolute atomic E-state index is 12.5. The highest BCUT2D eigenvalue weighted by atomic mass is 79.9. The Kier molecular flexibility index (Phi) is 5.47. The largest absolute Gasteiger partial charge is 0.294 e. The molecular formula is C18H13BrN2O. The molecule has 2 rings (SSSR count). The van der Waals surface area contributed by atoms with Gasteiger partial charge in [0.2, 0.25) is 0 Å². The van der Waals surface area contributed by atoms with Crippen molar-refractivity contribution in [1.82, 2.24) is 0 Å². The molecule has 0 aliphatic carbocycles. The Labute approximate surface area is 137 Å². The average Bonchev–Trinajstić information content (AvgIpc) is 2.55. The molecule has 3 nitrogen and oxygen atoms in total. The van der Waals surface area contributed by atoms with Crippen LogP contribution in [0.5, 0.6) is 0 Å². The summed E-state index contributed by atoms with van der Waals surface area (Å²) in [6.45, 7) is 0. The zero-order valence-corrected chi connectivity index (χ0v) is 13.3. The van der Waals surface area contributed by atoms with E-state index in [1.54, 1.807) is 18.2 Å². The van der Waals surface area contributed by atoms with Gasteiger partial charge in [0.15, 0.2) is 5.78 Å². The van der Waals surface area contributed by atoms with E-state index in [2.05, 4.69) is 15.9 Å². The summed E-state index contributed by atoms with van der Waals surface area (Å²) >= 11 is 3.34. The number of benzene rings is 2. The molecule has 0 amide bonds. The summed E-state index contributed by atoms with van der Waals surface area (Å²) in [5.74, 6) is -1.35. The van der Waals surface area contributed by atoms with Gasteiger partial charge in [0.05, 0.1) is 12.1 Å². The van der Waals surface area contributed by atoms with Gasteiger partial charge in [-0.2, -0.15) is 10.5 Å². The van der Waals surface area contributed by atoms with Gasteiger partial charge in [0.1, 0.15) is 5.92 Å². The second-order valence-electron chi connectivity index (χ2n) is 4.89. The molecule has 0 N–H and O–H groups in total. The predicted molar refractivity (Wildman–Crippen MR) is 87.0 cm³/mol. The minimum atomic E-state index is -0.849. The fraction of sp³-hybridized carbons (Fsp3) is 0.167. The molecule has 2 aromatic rings. The van der Waals surface area contributed by atoms with Crippen molar-refractivity contribution in [3.05, 3.63) is 70.2 Å². The molecule has 4 heteroatoms. The average molecular weight is 353 g/mol. The summed E-state index contributed by atoms with van der Waals surface area (Å²) in [6.07, 6.45) is 0.131. The van der Waals surface area contributed by atoms with Crippen LogP contribution in [-0.4, -0.2) is 5.78 Å². The second kappa shape index (κ2) is 7.54. The fourth-order valence-corrected chi connectivity index (χ4v) is 2.72. The quantitative estimate of drug-likeness (QED) is 0.745. The van der Waals surface area contributed by atoms with E-state index in [4.69, 9.17) is 0 Å². The number of nitriles is 2. The molecule has 0 bridgehead atoms. The van der Waals surface area contributed by atoms with Crippen LogP contribution in [-0.2, 0) is 0 Å². The fourth-order valence-electron chi connectivity index (χ4n) is 2.32. The lowest BCUT2D eigenvalue weighted by Crippen LogP contribution is -2.15. The molecule has 0 aliphatic rings. The maximum Gasteiger partial charge on any atom is 0.163 e. The molecule has 0 heterocycles. The number of halogens is 1. The summed E-state index contributed by atoms with van der Waals surface area (Å²) in [7, 11) is 0. The Morgan fingerprint density at radius 3 is 2.32 bits per heavy atom. The summed E-state index contributed by atoms with van der Waals surface area (Å²) in [6, 6.07) is 20.4. The number of nitrogens with zero attached hydrogens (tertiary/aromatic N) is 2. The van der Waals surface area contributed by atoms with Gasteiger partial charge in [-0.25, -0.2) is 0 Å². The third-order valence-corrected chi connectivity index (χ3v) is 3.95. The van der Waals surface area contributed by atoms with Crippen molar-refractivity contribution in [2.45, 2.75) is 12.3 Å². The molecular weight excluding hydrogens is 340 g/mol. The number of Topliss-reactive ketones (excluding diaryl/α,β-unsaturated/α-hetero) is 1. The molecule has 0 saturated heterocycles. The van der Waals surface area contributed by atoms with E-state index >= 15 is 0 Å². The smallest absolute Gasteiger partial charge is 0.163 e. The summed E-state index contributed by atoms with van der Waals surface area (Å²) in [5.41, 5.74) is 1.41. The summed E-state index contributed by atoms with van der Waals surface area (Å²) < 4.78 is 0.826. The highest BCUT2D eigenvalue weighted by Crippen LogP contribution is 2.29. The minimum absolute atomic E-state index is 0.0781. The van der Waals surface area contributed by atoms with Gasteiger partial charge in [0, 0.05) is 22.4 Å². The van der Waals surface area contributed by atoms with Crippen molar-refractivity contribution in [2.75, 3.05) is 0 Å². The molecule has 1 atom stereocenters. The van der Waals surface area contributed by atoms with E-state index in [0.717, 1.165) is 10.0 Å². The van der Waals surface area contributed by atoms with Crippen molar-refractivity contribution in [3.63, 3.8) is 0 Å². The minimum Gasteiger partial charge on any atom is -0.294 e. The molecule has 0 saturated carbocycles. The molecule has 22 heavy (non-hydrogen) atoms. The van der Waals surface area contributed by atoms with Crippen LogP contribution in [0.4, 0.5) is 0 Å². The van der Waals surface area contributed by atoms with Gasteiger partial charge in [0.25, 0.3) is 0 Å². The number of carbonyl (C=O) groups is 1. The van der Waals surface area contributed by atoms with Crippen LogP contribution in [0.15, 0.2) is 59.1 Å². The highest BCUT2D eigenvalue weighted by molar-refractivity contribution is 9.10. The number of ketones is 1. The van der Waals surface area contributed by atoms with Crippen LogP contribution >= 0.6 is 15.9 Å². The number of hydrogen-bond donors (Lipinski definition) is 0. The monoisotopic (exact) mass is 352 g/mol. The van der Waals surface area contributed by atoms with Crippen molar-refractivity contribution >= 4 is 21.7 Å².